The molecule has 1 atom stereocenters. The molecule has 0 aliphatic heterocycles. The SMILES string of the molecule is CCCC(C)(CCCSCC)CNC. The number of hydrogen-bond donors (Lipinski definition) is 1. The molecule has 1 nitrogen and oxygen atoms in total. The Labute approximate surface area is 94.4 Å². The predicted octanol–water partition coefficient (Wildman–Crippen LogP) is 3.55. The monoisotopic (exact) mass is 217 g/mol. The Balaban J connectivity index is 3.71. The molecule has 0 saturated heterocycles. The van der Waals surface area contributed by atoms with Crippen LogP contribution < -0.4 is 5.32 Å². The maximum absolute atomic E-state index is 3.33. The summed E-state index contributed by atoms with van der Waals surface area (Å²) in [6.07, 6.45) is 5.40. The Morgan fingerprint density at radius 2 is 1.93 bits per heavy atom. The van der Waals surface area contributed by atoms with Crippen molar-refractivity contribution in [2.45, 2.75) is 46.5 Å². The molecule has 0 amide bonds. The van der Waals surface area contributed by atoms with Crippen LogP contribution in [0.25, 0.3) is 0 Å². The van der Waals surface area contributed by atoms with E-state index in [9.17, 15) is 0 Å². The minimum atomic E-state index is 0.526. The van der Waals surface area contributed by atoms with Crippen LogP contribution in [0.2, 0.25) is 0 Å². The summed E-state index contributed by atoms with van der Waals surface area (Å²) in [7, 11) is 2.06. The van der Waals surface area contributed by atoms with E-state index in [4.69, 9.17) is 0 Å². The lowest BCUT2D eigenvalue weighted by molar-refractivity contribution is 0.260. The van der Waals surface area contributed by atoms with E-state index >= 15 is 0 Å². The standard InChI is InChI=1S/C12H27NS/c1-5-8-12(3,11-13-4)9-7-10-14-6-2/h13H,5-11H2,1-4H3. The van der Waals surface area contributed by atoms with E-state index in [-0.39, 0.29) is 0 Å². The lowest BCUT2D eigenvalue weighted by Gasteiger charge is -2.29. The molecule has 0 aliphatic carbocycles. The van der Waals surface area contributed by atoms with Crippen molar-refractivity contribution in [1.82, 2.24) is 5.32 Å². The number of thioether (sulfide) groups is 1. The molecule has 0 aromatic carbocycles. The Morgan fingerprint density at radius 1 is 1.21 bits per heavy atom. The molecule has 0 bridgehead atoms. The number of rotatable bonds is 9. The minimum Gasteiger partial charge on any atom is -0.319 e. The Bertz CT molecular complexity index is 119. The second-order valence-electron chi connectivity index (χ2n) is 4.39. The quantitative estimate of drug-likeness (QED) is 0.593. The van der Waals surface area contributed by atoms with Gasteiger partial charge >= 0.3 is 0 Å². The molecular formula is C12H27NS. The normalized spacial score (nSPS) is 15.4. The molecule has 0 radical (unpaired) electrons. The van der Waals surface area contributed by atoms with Gasteiger partial charge in [0.15, 0.2) is 0 Å². The molecule has 14 heavy (non-hydrogen) atoms. The molecule has 2 heteroatoms. The van der Waals surface area contributed by atoms with Crippen molar-refractivity contribution in [3.8, 4) is 0 Å². The van der Waals surface area contributed by atoms with Gasteiger partial charge in [-0.1, -0.05) is 27.2 Å². The van der Waals surface area contributed by atoms with Crippen molar-refractivity contribution in [3.05, 3.63) is 0 Å². The highest BCUT2D eigenvalue weighted by Gasteiger charge is 2.21. The number of nitrogens with one attached hydrogen (secondary N) is 1. The van der Waals surface area contributed by atoms with Crippen molar-refractivity contribution < 1.29 is 0 Å². The minimum absolute atomic E-state index is 0.526. The maximum atomic E-state index is 3.33. The molecule has 1 N–H and O–H groups in total. The highest BCUT2D eigenvalue weighted by molar-refractivity contribution is 7.99. The van der Waals surface area contributed by atoms with E-state index in [1.165, 1.54) is 37.2 Å². The van der Waals surface area contributed by atoms with Crippen LogP contribution in [0, 0.1) is 5.41 Å². The second-order valence-corrected chi connectivity index (χ2v) is 5.79. The molecule has 0 fully saturated rings. The first-order valence-corrected chi connectivity index (χ1v) is 7.06. The Hall–Kier alpha value is 0.310. The van der Waals surface area contributed by atoms with Gasteiger partial charge in [0.2, 0.25) is 0 Å². The van der Waals surface area contributed by atoms with Crippen LogP contribution in [0.15, 0.2) is 0 Å². The largest absolute Gasteiger partial charge is 0.319 e. The fraction of sp³-hybridized carbons (Fsp3) is 1.00. The van der Waals surface area contributed by atoms with Crippen molar-refractivity contribution >= 4 is 11.8 Å². The van der Waals surface area contributed by atoms with Gasteiger partial charge in [-0.2, -0.15) is 11.8 Å². The lowest BCUT2D eigenvalue weighted by Crippen LogP contribution is -2.29. The molecule has 0 saturated carbocycles. The van der Waals surface area contributed by atoms with Gasteiger partial charge in [-0.15, -0.1) is 0 Å². The summed E-state index contributed by atoms with van der Waals surface area (Å²) >= 11 is 2.06. The first-order valence-electron chi connectivity index (χ1n) is 5.91. The summed E-state index contributed by atoms with van der Waals surface area (Å²) in [5.41, 5.74) is 0.526. The summed E-state index contributed by atoms with van der Waals surface area (Å²) in [5.74, 6) is 2.59. The van der Waals surface area contributed by atoms with Gasteiger partial charge in [0, 0.05) is 6.54 Å². The maximum Gasteiger partial charge on any atom is 0.000216 e. The molecule has 0 heterocycles. The molecule has 86 valence electrons. The summed E-state index contributed by atoms with van der Waals surface area (Å²) in [4.78, 5) is 0. The van der Waals surface area contributed by atoms with Crippen LogP contribution >= 0.6 is 11.8 Å². The zero-order valence-electron chi connectivity index (χ0n) is 10.4. The summed E-state index contributed by atoms with van der Waals surface area (Å²) in [6, 6.07) is 0. The van der Waals surface area contributed by atoms with E-state index in [0.717, 1.165) is 6.54 Å². The molecule has 0 spiro atoms. The topological polar surface area (TPSA) is 12.0 Å². The third-order valence-electron chi connectivity index (χ3n) is 2.73. The van der Waals surface area contributed by atoms with E-state index < -0.39 is 0 Å². The fourth-order valence-electron chi connectivity index (χ4n) is 2.08. The zero-order chi connectivity index (χ0) is 10.9. The van der Waals surface area contributed by atoms with Crippen LogP contribution in [-0.4, -0.2) is 25.1 Å². The fourth-order valence-corrected chi connectivity index (χ4v) is 2.71. The second kappa shape index (κ2) is 8.60. The van der Waals surface area contributed by atoms with Gasteiger partial charge in [0.1, 0.15) is 0 Å². The van der Waals surface area contributed by atoms with Crippen LogP contribution in [-0.2, 0) is 0 Å². The zero-order valence-corrected chi connectivity index (χ0v) is 11.2. The van der Waals surface area contributed by atoms with Crippen molar-refractivity contribution in [3.63, 3.8) is 0 Å². The smallest absolute Gasteiger partial charge is 0.000216 e. The van der Waals surface area contributed by atoms with Crippen molar-refractivity contribution in [2.24, 2.45) is 5.41 Å². The van der Waals surface area contributed by atoms with E-state index in [0.29, 0.717) is 5.41 Å². The van der Waals surface area contributed by atoms with Gasteiger partial charge in [0.25, 0.3) is 0 Å². The first-order chi connectivity index (χ1) is 6.68. The van der Waals surface area contributed by atoms with Crippen LogP contribution in [0.4, 0.5) is 0 Å². The Morgan fingerprint density at radius 3 is 2.43 bits per heavy atom. The van der Waals surface area contributed by atoms with Gasteiger partial charge < -0.3 is 5.32 Å². The number of hydrogen-bond acceptors (Lipinski definition) is 2. The van der Waals surface area contributed by atoms with Crippen molar-refractivity contribution in [2.75, 3.05) is 25.1 Å². The molecule has 0 aliphatic rings. The third kappa shape index (κ3) is 6.72. The van der Waals surface area contributed by atoms with Gasteiger partial charge in [-0.3, -0.25) is 0 Å². The Kier molecular flexibility index (Phi) is 8.80. The molecule has 0 aromatic rings. The summed E-state index contributed by atoms with van der Waals surface area (Å²) in [5, 5.41) is 3.33. The van der Waals surface area contributed by atoms with Crippen LogP contribution in [0.5, 0.6) is 0 Å². The van der Waals surface area contributed by atoms with Gasteiger partial charge in [0.05, 0.1) is 0 Å². The average molecular weight is 217 g/mol. The van der Waals surface area contributed by atoms with E-state index in [1.54, 1.807) is 0 Å². The lowest BCUT2D eigenvalue weighted by atomic mass is 9.81. The van der Waals surface area contributed by atoms with Gasteiger partial charge in [-0.05, 0) is 43.2 Å². The van der Waals surface area contributed by atoms with Crippen LogP contribution in [0.3, 0.4) is 0 Å². The highest BCUT2D eigenvalue weighted by atomic mass is 32.2. The first kappa shape index (κ1) is 14.3. The molecule has 0 aromatic heterocycles. The third-order valence-corrected chi connectivity index (χ3v) is 3.72. The summed E-state index contributed by atoms with van der Waals surface area (Å²) < 4.78 is 0. The van der Waals surface area contributed by atoms with Gasteiger partial charge in [-0.25, -0.2) is 0 Å². The average Bonchev–Trinajstić information content (AvgIpc) is 2.13. The molecule has 1 unspecified atom stereocenters. The van der Waals surface area contributed by atoms with Crippen molar-refractivity contribution in [1.29, 1.82) is 0 Å². The highest BCUT2D eigenvalue weighted by Crippen LogP contribution is 2.28. The molecule has 0 rings (SSSR count). The predicted molar refractivity (Wildman–Crippen MR) is 69.2 cm³/mol. The summed E-state index contributed by atoms with van der Waals surface area (Å²) in [6.45, 7) is 8.11. The van der Waals surface area contributed by atoms with Crippen LogP contribution in [0.1, 0.15) is 46.5 Å². The van der Waals surface area contributed by atoms with E-state index in [2.05, 4.69) is 44.9 Å². The van der Waals surface area contributed by atoms with E-state index in [1.807, 2.05) is 0 Å². The molecular weight excluding hydrogens is 190 g/mol.